The van der Waals surface area contributed by atoms with Gasteiger partial charge in [0.05, 0.1) is 5.60 Å². The van der Waals surface area contributed by atoms with E-state index >= 15 is 0 Å². The number of aliphatic hydroxyl groups is 1. The quantitative estimate of drug-likeness (QED) is 0.820. The molecule has 1 aliphatic rings. The average Bonchev–Trinajstić information content (AvgIpc) is 2.54. The number of nitrogens with zero attached hydrogens (tertiary/aromatic N) is 1. The summed E-state index contributed by atoms with van der Waals surface area (Å²) in [4.78, 5) is 4.19. The number of hydrogen-bond donors (Lipinski definition) is 1. The number of rotatable bonds is 3. The lowest BCUT2D eigenvalue weighted by atomic mass is 9.84. The lowest BCUT2D eigenvalue weighted by Gasteiger charge is -2.28. The highest BCUT2D eigenvalue weighted by Crippen LogP contribution is 2.39. The number of aryl methyl sites for hydroxylation is 1. The lowest BCUT2D eigenvalue weighted by Crippen LogP contribution is -2.26. The summed E-state index contributed by atoms with van der Waals surface area (Å²) in [7, 11) is 0. The maximum atomic E-state index is 10.9. The first kappa shape index (κ1) is 13.5. The van der Waals surface area contributed by atoms with Crippen LogP contribution in [0.3, 0.4) is 0 Å². The molecule has 2 nitrogen and oxygen atoms in total. The fourth-order valence-corrected chi connectivity index (χ4v) is 3.31. The minimum absolute atomic E-state index is 0.638. The Morgan fingerprint density at radius 1 is 1.39 bits per heavy atom. The highest BCUT2D eigenvalue weighted by molar-refractivity contribution is 5.28. The van der Waals surface area contributed by atoms with Gasteiger partial charge in [-0.25, -0.2) is 0 Å². The minimum atomic E-state index is -0.638. The molecule has 0 spiro atoms. The van der Waals surface area contributed by atoms with Crippen molar-refractivity contribution in [2.45, 2.75) is 64.4 Å². The second-order valence-electron chi connectivity index (χ2n) is 5.81. The van der Waals surface area contributed by atoms with E-state index in [1.165, 1.54) is 24.8 Å². The predicted octanol–water partition coefficient (Wildman–Crippen LogP) is 3.96. The Kier molecular flexibility index (Phi) is 4.39. The molecule has 1 aromatic heterocycles. The van der Waals surface area contributed by atoms with E-state index in [1.807, 2.05) is 12.3 Å². The lowest BCUT2D eigenvalue weighted by molar-refractivity contribution is 0.0186. The Balaban J connectivity index is 2.14. The summed E-state index contributed by atoms with van der Waals surface area (Å²) in [5, 5.41) is 10.9. The Morgan fingerprint density at radius 3 is 2.94 bits per heavy atom. The second-order valence-corrected chi connectivity index (χ2v) is 5.81. The van der Waals surface area contributed by atoms with Crippen molar-refractivity contribution in [3.63, 3.8) is 0 Å². The van der Waals surface area contributed by atoms with Crippen LogP contribution in [0.2, 0.25) is 0 Å². The third kappa shape index (κ3) is 2.92. The van der Waals surface area contributed by atoms with E-state index in [0.29, 0.717) is 0 Å². The molecule has 1 aromatic rings. The molecule has 1 fully saturated rings. The SMILES string of the molecule is CCCC1CCCC(O)(c2cnccc2C)CC1. The van der Waals surface area contributed by atoms with E-state index < -0.39 is 5.60 Å². The summed E-state index contributed by atoms with van der Waals surface area (Å²) in [5.74, 6) is 0.806. The van der Waals surface area contributed by atoms with Gasteiger partial charge >= 0.3 is 0 Å². The van der Waals surface area contributed by atoms with E-state index in [4.69, 9.17) is 0 Å². The third-order valence-corrected chi connectivity index (χ3v) is 4.41. The summed E-state index contributed by atoms with van der Waals surface area (Å²) in [5.41, 5.74) is 1.57. The topological polar surface area (TPSA) is 33.1 Å². The second kappa shape index (κ2) is 5.83. The molecule has 0 aliphatic heterocycles. The van der Waals surface area contributed by atoms with Crippen LogP contribution in [0.5, 0.6) is 0 Å². The van der Waals surface area contributed by atoms with Crippen LogP contribution in [0.4, 0.5) is 0 Å². The van der Waals surface area contributed by atoms with Gasteiger partial charge in [-0.3, -0.25) is 4.98 Å². The van der Waals surface area contributed by atoms with Crippen molar-refractivity contribution in [2.75, 3.05) is 0 Å². The molecule has 1 heterocycles. The van der Waals surface area contributed by atoms with Crippen LogP contribution in [0.1, 0.15) is 63.0 Å². The van der Waals surface area contributed by atoms with E-state index in [0.717, 1.165) is 37.2 Å². The normalized spacial score (nSPS) is 28.9. The molecule has 2 atom stereocenters. The summed E-state index contributed by atoms with van der Waals surface area (Å²) in [6.07, 6.45) is 11.6. The fraction of sp³-hybridized carbons (Fsp3) is 0.688. The number of aromatic nitrogens is 1. The smallest absolute Gasteiger partial charge is 0.0914 e. The van der Waals surface area contributed by atoms with Crippen LogP contribution in [0.15, 0.2) is 18.5 Å². The van der Waals surface area contributed by atoms with E-state index in [1.54, 1.807) is 6.20 Å². The van der Waals surface area contributed by atoms with E-state index in [-0.39, 0.29) is 0 Å². The molecular weight excluding hydrogens is 222 g/mol. The molecule has 2 unspecified atom stereocenters. The van der Waals surface area contributed by atoms with Crippen LogP contribution in [-0.2, 0) is 5.60 Å². The van der Waals surface area contributed by atoms with Gasteiger partial charge in [0, 0.05) is 18.0 Å². The zero-order valence-corrected chi connectivity index (χ0v) is 11.7. The van der Waals surface area contributed by atoms with Gasteiger partial charge in [-0.1, -0.05) is 26.2 Å². The van der Waals surface area contributed by atoms with Gasteiger partial charge in [0.2, 0.25) is 0 Å². The fourth-order valence-electron chi connectivity index (χ4n) is 3.31. The van der Waals surface area contributed by atoms with Crippen molar-refractivity contribution >= 4 is 0 Å². The van der Waals surface area contributed by atoms with Gasteiger partial charge in [0.1, 0.15) is 0 Å². The Labute approximate surface area is 110 Å². The molecule has 100 valence electrons. The van der Waals surface area contributed by atoms with Crippen LogP contribution in [-0.4, -0.2) is 10.1 Å². The summed E-state index contributed by atoms with van der Waals surface area (Å²) < 4.78 is 0. The van der Waals surface area contributed by atoms with Crippen molar-refractivity contribution < 1.29 is 5.11 Å². The van der Waals surface area contributed by atoms with Crippen molar-refractivity contribution in [1.82, 2.24) is 4.98 Å². The van der Waals surface area contributed by atoms with Crippen LogP contribution < -0.4 is 0 Å². The molecule has 0 amide bonds. The highest BCUT2D eigenvalue weighted by Gasteiger charge is 2.33. The average molecular weight is 247 g/mol. The maximum absolute atomic E-state index is 10.9. The van der Waals surface area contributed by atoms with Crippen molar-refractivity contribution in [2.24, 2.45) is 5.92 Å². The van der Waals surface area contributed by atoms with E-state index in [9.17, 15) is 5.11 Å². The van der Waals surface area contributed by atoms with Gasteiger partial charge in [-0.2, -0.15) is 0 Å². The van der Waals surface area contributed by atoms with Crippen molar-refractivity contribution in [3.8, 4) is 0 Å². The number of pyridine rings is 1. The summed E-state index contributed by atoms with van der Waals surface area (Å²) >= 11 is 0. The van der Waals surface area contributed by atoms with Crippen LogP contribution in [0.25, 0.3) is 0 Å². The first-order chi connectivity index (χ1) is 8.65. The number of hydrogen-bond acceptors (Lipinski definition) is 2. The molecule has 0 aromatic carbocycles. The first-order valence-electron chi connectivity index (χ1n) is 7.29. The molecular formula is C16H25NO. The van der Waals surface area contributed by atoms with Gasteiger partial charge < -0.3 is 5.11 Å². The van der Waals surface area contributed by atoms with Gasteiger partial charge in [-0.05, 0) is 50.2 Å². The highest BCUT2D eigenvalue weighted by atomic mass is 16.3. The predicted molar refractivity (Wildman–Crippen MR) is 74.4 cm³/mol. The molecule has 0 bridgehead atoms. The Hall–Kier alpha value is -0.890. The van der Waals surface area contributed by atoms with Crippen LogP contribution >= 0.6 is 0 Å². The standard InChI is InChI=1S/C16H25NO/c1-3-5-14-6-4-9-16(18,10-7-14)15-12-17-11-8-13(15)2/h8,11-12,14,18H,3-7,9-10H2,1-2H3. The van der Waals surface area contributed by atoms with Gasteiger partial charge in [-0.15, -0.1) is 0 Å². The maximum Gasteiger partial charge on any atom is 0.0914 e. The Bertz CT molecular complexity index is 390. The zero-order valence-electron chi connectivity index (χ0n) is 11.7. The van der Waals surface area contributed by atoms with E-state index in [2.05, 4.69) is 18.8 Å². The first-order valence-corrected chi connectivity index (χ1v) is 7.29. The monoisotopic (exact) mass is 247 g/mol. The molecule has 1 aliphatic carbocycles. The summed E-state index contributed by atoms with van der Waals surface area (Å²) in [6.45, 7) is 4.33. The zero-order chi connectivity index (χ0) is 13.0. The third-order valence-electron chi connectivity index (χ3n) is 4.41. The summed E-state index contributed by atoms with van der Waals surface area (Å²) in [6, 6.07) is 2.00. The van der Waals surface area contributed by atoms with Gasteiger partial charge in [0.25, 0.3) is 0 Å². The van der Waals surface area contributed by atoms with Gasteiger partial charge in [0.15, 0.2) is 0 Å². The molecule has 1 N–H and O–H groups in total. The van der Waals surface area contributed by atoms with Crippen molar-refractivity contribution in [3.05, 3.63) is 29.6 Å². The van der Waals surface area contributed by atoms with Crippen LogP contribution in [0, 0.1) is 12.8 Å². The molecule has 1 saturated carbocycles. The van der Waals surface area contributed by atoms with Crippen molar-refractivity contribution in [1.29, 1.82) is 0 Å². The Morgan fingerprint density at radius 2 is 2.22 bits per heavy atom. The minimum Gasteiger partial charge on any atom is -0.385 e. The molecule has 2 heteroatoms. The molecule has 2 rings (SSSR count). The molecule has 0 saturated heterocycles. The molecule has 0 radical (unpaired) electrons. The largest absolute Gasteiger partial charge is 0.385 e. The molecule has 18 heavy (non-hydrogen) atoms.